The Morgan fingerprint density at radius 1 is 1.62 bits per heavy atom. The number of nitrogens with one attached hydrogen (secondary N) is 1. The van der Waals surface area contributed by atoms with Gasteiger partial charge in [0.25, 0.3) is 0 Å². The molecule has 0 aliphatic rings. The molecule has 0 aromatic carbocycles. The summed E-state index contributed by atoms with van der Waals surface area (Å²) in [5.41, 5.74) is 2.80. The lowest BCUT2D eigenvalue weighted by Gasteiger charge is -2.06. The van der Waals surface area contributed by atoms with Crippen LogP contribution in [0.2, 0.25) is 0 Å². The average molecular weight is 140 g/mol. The summed E-state index contributed by atoms with van der Waals surface area (Å²) in [7, 11) is 1.63. The van der Waals surface area contributed by atoms with Gasteiger partial charge in [0.2, 0.25) is 0 Å². The van der Waals surface area contributed by atoms with Crippen LogP contribution in [0, 0.1) is 0 Å². The molecular formula is C5H14ClNO. The summed E-state index contributed by atoms with van der Waals surface area (Å²) in [6.07, 6.45) is 1.10. The van der Waals surface area contributed by atoms with Gasteiger partial charge in [0.15, 0.2) is 0 Å². The van der Waals surface area contributed by atoms with Gasteiger partial charge in [-0.15, -0.1) is 12.4 Å². The number of hydrogen-bond donors (Lipinski definition) is 1. The Morgan fingerprint density at radius 3 is 2.25 bits per heavy atom. The number of rotatable bonds is 3. The number of hydroxylamine groups is 1. The lowest BCUT2D eigenvalue weighted by Crippen LogP contribution is -2.23. The first kappa shape index (κ1) is 11.1. The molecular weight excluding hydrogens is 126 g/mol. The first-order chi connectivity index (χ1) is 3.31. The SMILES string of the molecule is CCC(C)NOC.Cl. The molecule has 1 unspecified atom stereocenters. The predicted octanol–water partition coefficient (Wildman–Crippen LogP) is 1.36. The molecule has 0 aliphatic carbocycles. The van der Waals surface area contributed by atoms with Crippen molar-refractivity contribution in [2.75, 3.05) is 7.11 Å². The van der Waals surface area contributed by atoms with Crippen LogP contribution in [0.5, 0.6) is 0 Å². The van der Waals surface area contributed by atoms with Crippen molar-refractivity contribution < 1.29 is 4.84 Å². The van der Waals surface area contributed by atoms with E-state index in [9.17, 15) is 0 Å². The highest BCUT2D eigenvalue weighted by Crippen LogP contribution is 1.84. The molecule has 0 bridgehead atoms. The molecule has 0 aromatic heterocycles. The Bertz CT molecular complexity index is 43.4. The van der Waals surface area contributed by atoms with Gasteiger partial charge < -0.3 is 4.84 Å². The Labute approximate surface area is 57.0 Å². The van der Waals surface area contributed by atoms with Gasteiger partial charge in [-0.25, -0.2) is 5.48 Å². The second-order valence-electron chi connectivity index (χ2n) is 1.63. The van der Waals surface area contributed by atoms with Crippen LogP contribution in [0.25, 0.3) is 0 Å². The van der Waals surface area contributed by atoms with Crippen molar-refractivity contribution in [3.8, 4) is 0 Å². The summed E-state index contributed by atoms with van der Waals surface area (Å²) in [5, 5.41) is 0. The van der Waals surface area contributed by atoms with Gasteiger partial charge in [-0.2, -0.15) is 0 Å². The second-order valence-corrected chi connectivity index (χ2v) is 1.63. The average Bonchev–Trinajstić information content (AvgIpc) is 1.68. The molecule has 0 rings (SSSR count). The lowest BCUT2D eigenvalue weighted by molar-refractivity contribution is 0.0650. The molecule has 0 saturated heterocycles. The van der Waals surface area contributed by atoms with Crippen LogP contribution in [0.1, 0.15) is 20.3 Å². The normalized spacial score (nSPS) is 12.4. The van der Waals surface area contributed by atoms with Crippen LogP contribution < -0.4 is 5.48 Å². The molecule has 0 fully saturated rings. The fraction of sp³-hybridized carbons (Fsp3) is 1.00. The summed E-state index contributed by atoms with van der Waals surface area (Å²) < 4.78 is 0. The maximum absolute atomic E-state index is 4.64. The molecule has 1 N–H and O–H groups in total. The van der Waals surface area contributed by atoms with E-state index >= 15 is 0 Å². The van der Waals surface area contributed by atoms with Crippen molar-refractivity contribution in [2.45, 2.75) is 26.3 Å². The molecule has 0 spiro atoms. The van der Waals surface area contributed by atoms with E-state index in [0.717, 1.165) is 6.42 Å². The Hall–Kier alpha value is 0.210. The fourth-order valence-corrected chi connectivity index (χ4v) is 0.285. The third-order valence-corrected chi connectivity index (χ3v) is 0.931. The van der Waals surface area contributed by atoms with Gasteiger partial charge >= 0.3 is 0 Å². The van der Waals surface area contributed by atoms with Gasteiger partial charge in [0.05, 0.1) is 7.11 Å². The van der Waals surface area contributed by atoms with E-state index in [-0.39, 0.29) is 12.4 Å². The van der Waals surface area contributed by atoms with Crippen LogP contribution in [0.4, 0.5) is 0 Å². The van der Waals surface area contributed by atoms with Crippen LogP contribution >= 0.6 is 12.4 Å². The van der Waals surface area contributed by atoms with Crippen molar-refractivity contribution in [3.63, 3.8) is 0 Å². The van der Waals surface area contributed by atoms with Gasteiger partial charge in [-0.1, -0.05) is 6.92 Å². The zero-order chi connectivity index (χ0) is 5.70. The highest BCUT2D eigenvalue weighted by Gasteiger charge is 1.91. The number of hydrogen-bond acceptors (Lipinski definition) is 2. The van der Waals surface area contributed by atoms with Gasteiger partial charge in [-0.05, 0) is 13.3 Å². The summed E-state index contributed by atoms with van der Waals surface area (Å²) >= 11 is 0. The van der Waals surface area contributed by atoms with Crippen LogP contribution in [0.15, 0.2) is 0 Å². The first-order valence-corrected chi connectivity index (χ1v) is 2.59. The Morgan fingerprint density at radius 2 is 2.12 bits per heavy atom. The smallest absolute Gasteiger partial charge is 0.0572 e. The van der Waals surface area contributed by atoms with Crippen LogP contribution in [0.3, 0.4) is 0 Å². The molecule has 1 atom stereocenters. The molecule has 3 heteroatoms. The summed E-state index contributed by atoms with van der Waals surface area (Å²) in [6.45, 7) is 4.18. The molecule has 0 amide bonds. The lowest BCUT2D eigenvalue weighted by atomic mass is 10.3. The van der Waals surface area contributed by atoms with Crippen molar-refractivity contribution in [2.24, 2.45) is 0 Å². The maximum Gasteiger partial charge on any atom is 0.0572 e. The Balaban J connectivity index is 0. The quantitative estimate of drug-likeness (QED) is 0.597. The minimum Gasteiger partial charge on any atom is -0.305 e. The van der Waals surface area contributed by atoms with E-state index in [2.05, 4.69) is 24.2 Å². The molecule has 0 aromatic rings. The summed E-state index contributed by atoms with van der Waals surface area (Å²) in [6, 6.07) is 0.477. The van der Waals surface area contributed by atoms with Crippen molar-refractivity contribution in [3.05, 3.63) is 0 Å². The number of halogens is 1. The molecule has 0 heterocycles. The molecule has 0 saturated carbocycles. The largest absolute Gasteiger partial charge is 0.305 e. The molecule has 0 aliphatic heterocycles. The van der Waals surface area contributed by atoms with E-state index < -0.39 is 0 Å². The van der Waals surface area contributed by atoms with E-state index in [1.807, 2.05) is 0 Å². The highest BCUT2D eigenvalue weighted by atomic mass is 35.5. The van der Waals surface area contributed by atoms with Crippen molar-refractivity contribution in [1.29, 1.82) is 0 Å². The van der Waals surface area contributed by atoms with Gasteiger partial charge in [0, 0.05) is 6.04 Å². The van der Waals surface area contributed by atoms with E-state index in [4.69, 9.17) is 0 Å². The first-order valence-electron chi connectivity index (χ1n) is 2.59. The maximum atomic E-state index is 4.64. The zero-order valence-electron chi connectivity index (χ0n) is 5.60. The summed E-state index contributed by atoms with van der Waals surface area (Å²) in [5.74, 6) is 0. The molecule has 2 nitrogen and oxygen atoms in total. The predicted molar refractivity (Wildman–Crippen MR) is 37.1 cm³/mol. The molecule has 52 valence electrons. The Kier molecular flexibility index (Phi) is 9.97. The van der Waals surface area contributed by atoms with Crippen LogP contribution in [-0.2, 0) is 4.84 Å². The van der Waals surface area contributed by atoms with Crippen molar-refractivity contribution >= 4 is 12.4 Å². The minimum atomic E-state index is 0. The third kappa shape index (κ3) is 6.21. The monoisotopic (exact) mass is 139 g/mol. The van der Waals surface area contributed by atoms with E-state index in [1.165, 1.54) is 0 Å². The van der Waals surface area contributed by atoms with Gasteiger partial charge in [0.1, 0.15) is 0 Å². The van der Waals surface area contributed by atoms with E-state index in [1.54, 1.807) is 7.11 Å². The topological polar surface area (TPSA) is 21.3 Å². The second kappa shape index (κ2) is 7.21. The third-order valence-electron chi connectivity index (χ3n) is 0.931. The standard InChI is InChI=1S/C5H13NO.ClH/c1-4-5(2)6-7-3;/h5-6H,4H2,1-3H3;1H. The minimum absolute atomic E-state index is 0. The molecule has 8 heavy (non-hydrogen) atoms. The van der Waals surface area contributed by atoms with E-state index in [0.29, 0.717) is 6.04 Å². The fourth-order valence-electron chi connectivity index (χ4n) is 0.285. The summed E-state index contributed by atoms with van der Waals surface area (Å²) in [4.78, 5) is 4.64. The van der Waals surface area contributed by atoms with Crippen molar-refractivity contribution in [1.82, 2.24) is 5.48 Å². The van der Waals surface area contributed by atoms with Crippen LogP contribution in [-0.4, -0.2) is 13.2 Å². The van der Waals surface area contributed by atoms with Gasteiger partial charge in [-0.3, -0.25) is 0 Å². The highest BCUT2D eigenvalue weighted by molar-refractivity contribution is 5.85. The zero-order valence-corrected chi connectivity index (χ0v) is 6.42. The molecule has 0 radical (unpaired) electrons.